The predicted molar refractivity (Wildman–Crippen MR) is 73.5 cm³/mol. The van der Waals surface area contributed by atoms with Crippen LogP contribution in [0.3, 0.4) is 0 Å². The molecule has 0 aromatic heterocycles. The molecule has 3 N–H and O–H groups in total. The third-order valence-electron chi connectivity index (χ3n) is 4.40. The highest BCUT2D eigenvalue weighted by Gasteiger charge is 2.26. The molecule has 18 heavy (non-hydrogen) atoms. The van der Waals surface area contributed by atoms with Crippen LogP contribution in [0.2, 0.25) is 0 Å². The van der Waals surface area contributed by atoms with Crippen LogP contribution >= 0.6 is 0 Å². The Morgan fingerprint density at radius 3 is 2.33 bits per heavy atom. The van der Waals surface area contributed by atoms with Gasteiger partial charge in [0.1, 0.15) is 0 Å². The second-order valence-electron chi connectivity index (χ2n) is 5.53. The van der Waals surface area contributed by atoms with Crippen LogP contribution in [0.15, 0.2) is 0 Å². The van der Waals surface area contributed by atoms with E-state index >= 15 is 0 Å². The number of carbonyl (C=O) groups is 1. The maximum absolute atomic E-state index is 11.8. The van der Waals surface area contributed by atoms with Gasteiger partial charge in [0, 0.05) is 18.0 Å². The van der Waals surface area contributed by atoms with E-state index < -0.39 is 0 Å². The SMILES string of the molecule is CCC(CC)(CO)CNC(=O)NC1CCCCC1. The fourth-order valence-corrected chi connectivity index (χ4v) is 2.53. The summed E-state index contributed by atoms with van der Waals surface area (Å²) in [5, 5.41) is 15.4. The standard InChI is InChI=1S/C14H28N2O2/c1-3-14(4-2,11-17)10-15-13(18)16-12-8-6-5-7-9-12/h12,17H,3-11H2,1-2H3,(H2,15,16,18). The first-order valence-corrected chi connectivity index (χ1v) is 7.31. The summed E-state index contributed by atoms with van der Waals surface area (Å²) in [6, 6.07) is 0.257. The van der Waals surface area contributed by atoms with Gasteiger partial charge in [0.25, 0.3) is 0 Å². The summed E-state index contributed by atoms with van der Waals surface area (Å²) < 4.78 is 0. The minimum atomic E-state index is -0.163. The lowest BCUT2D eigenvalue weighted by molar-refractivity contribution is 0.114. The van der Waals surface area contributed by atoms with E-state index in [4.69, 9.17) is 0 Å². The molecule has 106 valence electrons. The van der Waals surface area contributed by atoms with Gasteiger partial charge < -0.3 is 15.7 Å². The van der Waals surface area contributed by atoms with Crippen LogP contribution in [0.25, 0.3) is 0 Å². The number of urea groups is 1. The summed E-state index contributed by atoms with van der Waals surface area (Å²) in [4.78, 5) is 11.8. The van der Waals surface area contributed by atoms with Crippen LogP contribution < -0.4 is 10.6 Å². The van der Waals surface area contributed by atoms with E-state index in [1.54, 1.807) is 0 Å². The van der Waals surface area contributed by atoms with Crippen molar-refractivity contribution in [2.75, 3.05) is 13.2 Å². The van der Waals surface area contributed by atoms with Crippen molar-refractivity contribution < 1.29 is 9.90 Å². The van der Waals surface area contributed by atoms with E-state index in [9.17, 15) is 9.90 Å². The molecule has 2 amide bonds. The number of nitrogens with one attached hydrogen (secondary N) is 2. The molecule has 0 heterocycles. The minimum absolute atomic E-state index is 0.0818. The summed E-state index contributed by atoms with van der Waals surface area (Å²) in [5.41, 5.74) is -0.163. The van der Waals surface area contributed by atoms with Gasteiger partial charge in [0.2, 0.25) is 0 Å². The summed E-state index contributed by atoms with van der Waals surface area (Å²) in [6.45, 7) is 4.79. The van der Waals surface area contributed by atoms with E-state index in [0.717, 1.165) is 25.7 Å². The van der Waals surface area contributed by atoms with Crippen LogP contribution in [0, 0.1) is 5.41 Å². The molecule has 1 aliphatic rings. The minimum Gasteiger partial charge on any atom is -0.396 e. The summed E-state index contributed by atoms with van der Waals surface area (Å²) in [5.74, 6) is 0. The zero-order valence-corrected chi connectivity index (χ0v) is 11.8. The van der Waals surface area contributed by atoms with Crippen LogP contribution in [0.4, 0.5) is 4.79 Å². The van der Waals surface area contributed by atoms with Crippen molar-refractivity contribution in [2.24, 2.45) is 5.41 Å². The van der Waals surface area contributed by atoms with Crippen molar-refractivity contribution in [1.29, 1.82) is 0 Å². The highest BCUT2D eigenvalue weighted by atomic mass is 16.3. The van der Waals surface area contributed by atoms with Gasteiger partial charge in [0.05, 0.1) is 6.61 Å². The Hall–Kier alpha value is -0.770. The van der Waals surface area contributed by atoms with Gasteiger partial charge in [-0.3, -0.25) is 0 Å². The third-order valence-corrected chi connectivity index (χ3v) is 4.40. The molecule has 0 atom stereocenters. The number of aliphatic hydroxyl groups is 1. The Morgan fingerprint density at radius 2 is 1.83 bits per heavy atom. The monoisotopic (exact) mass is 256 g/mol. The normalized spacial score (nSPS) is 17.5. The molecular formula is C14H28N2O2. The first kappa shape index (κ1) is 15.3. The van der Waals surface area contributed by atoms with E-state index in [2.05, 4.69) is 24.5 Å². The van der Waals surface area contributed by atoms with Gasteiger partial charge in [-0.25, -0.2) is 4.79 Å². The Bertz CT molecular complexity index is 238. The molecule has 0 aromatic carbocycles. The van der Waals surface area contributed by atoms with Gasteiger partial charge in [-0.15, -0.1) is 0 Å². The van der Waals surface area contributed by atoms with Gasteiger partial charge >= 0.3 is 6.03 Å². The number of hydrogen-bond donors (Lipinski definition) is 3. The number of rotatable bonds is 6. The molecule has 0 radical (unpaired) electrons. The summed E-state index contributed by atoms with van der Waals surface area (Å²) in [6.07, 6.45) is 7.68. The number of amides is 2. The molecule has 0 aliphatic heterocycles. The molecule has 1 aliphatic carbocycles. The lowest BCUT2D eigenvalue weighted by Gasteiger charge is -2.30. The Labute approximate surface area is 111 Å². The van der Waals surface area contributed by atoms with Crippen LogP contribution in [-0.4, -0.2) is 30.3 Å². The van der Waals surface area contributed by atoms with E-state index in [0.29, 0.717) is 12.6 Å². The zero-order chi connectivity index (χ0) is 13.4. The molecule has 0 unspecified atom stereocenters. The number of hydrogen-bond acceptors (Lipinski definition) is 2. The smallest absolute Gasteiger partial charge is 0.315 e. The number of aliphatic hydroxyl groups excluding tert-OH is 1. The largest absolute Gasteiger partial charge is 0.396 e. The van der Waals surface area contributed by atoms with E-state index in [1.165, 1.54) is 19.3 Å². The van der Waals surface area contributed by atoms with Gasteiger partial charge in [-0.2, -0.15) is 0 Å². The van der Waals surface area contributed by atoms with Crippen molar-refractivity contribution >= 4 is 6.03 Å². The third kappa shape index (κ3) is 4.48. The Morgan fingerprint density at radius 1 is 1.22 bits per heavy atom. The van der Waals surface area contributed by atoms with Gasteiger partial charge in [-0.05, 0) is 25.7 Å². The molecule has 0 saturated heterocycles. The molecular weight excluding hydrogens is 228 g/mol. The van der Waals surface area contributed by atoms with Crippen molar-refractivity contribution in [3.8, 4) is 0 Å². The van der Waals surface area contributed by atoms with Crippen LogP contribution in [0.1, 0.15) is 58.8 Å². The van der Waals surface area contributed by atoms with E-state index in [1.807, 2.05) is 0 Å². The number of carbonyl (C=O) groups excluding carboxylic acids is 1. The highest BCUT2D eigenvalue weighted by Crippen LogP contribution is 2.24. The second-order valence-corrected chi connectivity index (χ2v) is 5.53. The Balaban J connectivity index is 2.30. The maximum atomic E-state index is 11.8. The highest BCUT2D eigenvalue weighted by molar-refractivity contribution is 5.74. The molecule has 1 saturated carbocycles. The first-order chi connectivity index (χ1) is 8.65. The van der Waals surface area contributed by atoms with Crippen molar-refractivity contribution in [3.63, 3.8) is 0 Å². The lowest BCUT2D eigenvalue weighted by atomic mass is 9.83. The van der Waals surface area contributed by atoms with Crippen molar-refractivity contribution in [1.82, 2.24) is 10.6 Å². The van der Waals surface area contributed by atoms with E-state index in [-0.39, 0.29) is 18.1 Å². The molecule has 4 nitrogen and oxygen atoms in total. The van der Waals surface area contributed by atoms with Crippen molar-refractivity contribution in [3.05, 3.63) is 0 Å². The lowest BCUT2D eigenvalue weighted by Crippen LogP contribution is -2.47. The summed E-state index contributed by atoms with van der Waals surface area (Å²) >= 11 is 0. The molecule has 0 spiro atoms. The predicted octanol–water partition coefficient (Wildman–Crippen LogP) is 2.42. The molecule has 4 heteroatoms. The molecule has 1 fully saturated rings. The molecule has 0 bridgehead atoms. The van der Waals surface area contributed by atoms with Gasteiger partial charge in [-0.1, -0.05) is 33.1 Å². The van der Waals surface area contributed by atoms with Gasteiger partial charge in [0.15, 0.2) is 0 Å². The molecule has 1 rings (SSSR count). The van der Waals surface area contributed by atoms with Crippen LogP contribution in [0.5, 0.6) is 0 Å². The fourth-order valence-electron chi connectivity index (χ4n) is 2.53. The second kappa shape index (κ2) is 7.62. The van der Waals surface area contributed by atoms with Crippen molar-refractivity contribution in [2.45, 2.75) is 64.8 Å². The maximum Gasteiger partial charge on any atom is 0.315 e. The average Bonchev–Trinajstić information content (AvgIpc) is 2.42. The topological polar surface area (TPSA) is 61.4 Å². The zero-order valence-electron chi connectivity index (χ0n) is 11.8. The quantitative estimate of drug-likeness (QED) is 0.683. The fraction of sp³-hybridized carbons (Fsp3) is 0.929. The first-order valence-electron chi connectivity index (χ1n) is 7.31. The van der Waals surface area contributed by atoms with Crippen LogP contribution in [-0.2, 0) is 0 Å². The Kier molecular flexibility index (Phi) is 6.47. The molecule has 0 aromatic rings. The summed E-state index contributed by atoms with van der Waals surface area (Å²) in [7, 11) is 0. The average molecular weight is 256 g/mol.